The molecule has 0 atom stereocenters. The number of rotatable bonds is 2. The standard InChI is InChI=1S/C14H16FNO/c15-13-6-4-5-12-11(10-17-14(12)13)9-16-7-2-1-3-8-16/h4-6,10H,1-3,7-9H2. The van der Waals surface area contributed by atoms with Crippen molar-refractivity contribution >= 4 is 11.0 Å². The molecule has 0 radical (unpaired) electrons. The van der Waals surface area contributed by atoms with Crippen LogP contribution in [0.1, 0.15) is 24.8 Å². The predicted molar refractivity (Wildman–Crippen MR) is 65.3 cm³/mol. The van der Waals surface area contributed by atoms with E-state index in [4.69, 9.17) is 4.42 Å². The average Bonchev–Trinajstić information content (AvgIpc) is 2.76. The lowest BCUT2D eigenvalue weighted by Crippen LogP contribution is -2.28. The SMILES string of the molecule is Fc1cccc2c(CN3CCCCC3)coc12. The van der Waals surface area contributed by atoms with Crippen LogP contribution in [0.2, 0.25) is 0 Å². The van der Waals surface area contributed by atoms with E-state index in [0.717, 1.165) is 30.6 Å². The first-order valence-electron chi connectivity index (χ1n) is 6.21. The third-order valence-corrected chi connectivity index (χ3v) is 3.47. The van der Waals surface area contributed by atoms with Crippen molar-refractivity contribution in [3.05, 3.63) is 35.8 Å². The summed E-state index contributed by atoms with van der Waals surface area (Å²) in [7, 11) is 0. The molecule has 0 saturated carbocycles. The molecule has 90 valence electrons. The van der Waals surface area contributed by atoms with Crippen molar-refractivity contribution in [3.8, 4) is 0 Å². The molecule has 0 N–H and O–H groups in total. The molecular formula is C14H16FNO. The number of para-hydroxylation sites is 1. The van der Waals surface area contributed by atoms with E-state index in [-0.39, 0.29) is 5.82 Å². The maximum atomic E-state index is 13.5. The maximum Gasteiger partial charge on any atom is 0.169 e. The largest absolute Gasteiger partial charge is 0.461 e. The van der Waals surface area contributed by atoms with Crippen molar-refractivity contribution in [1.29, 1.82) is 0 Å². The summed E-state index contributed by atoms with van der Waals surface area (Å²) in [5.74, 6) is -0.271. The fraction of sp³-hybridized carbons (Fsp3) is 0.429. The van der Waals surface area contributed by atoms with Crippen molar-refractivity contribution in [3.63, 3.8) is 0 Å². The van der Waals surface area contributed by atoms with E-state index >= 15 is 0 Å². The van der Waals surface area contributed by atoms with Crippen LogP contribution < -0.4 is 0 Å². The van der Waals surface area contributed by atoms with Gasteiger partial charge in [0.1, 0.15) is 0 Å². The molecule has 0 amide bonds. The van der Waals surface area contributed by atoms with Crippen LogP contribution in [0.4, 0.5) is 4.39 Å². The number of halogens is 1. The molecule has 1 aliphatic heterocycles. The Morgan fingerprint density at radius 2 is 2.00 bits per heavy atom. The Hall–Kier alpha value is -1.35. The van der Waals surface area contributed by atoms with E-state index in [1.54, 1.807) is 12.3 Å². The number of benzene rings is 1. The molecule has 1 fully saturated rings. The van der Waals surface area contributed by atoms with Crippen LogP contribution in [0.5, 0.6) is 0 Å². The number of nitrogens with zero attached hydrogens (tertiary/aromatic N) is 1. The Balaban J connectivity index is 1.87. The van der Waals surface area contributed by atoms with Crippen LogP contribution in [0, 0.1) is 5.82 Å². The lowest BCUT2D eigenvalue weighted by atomic mass is 10.1. The Morgan fingerprint density at radius 3 is 2.82 bits per heavy atom. The van der Waals surface area contributed by atoms with E-state index in [1.807, 2.05) is 6.07 Å². The third-order valence-electron chi connectivity index (χ3n) is 3.47. The topological polar surface area (TPSA) is 16.4 Å². The summed E-state index contributed by atoms with van der Waals surface area (Å²) in [6.45, 7) is 3.15. The van der Waals surface area contributed by atoms with Gasteiger partial charge in [0.25, 0.3) is 0 Å². The van der Waals surface area contributed by atoms with Gasteiger partial charge in [0.2, 0.25) is 0 Å². The molecule has 2 nitrogen and oxygen atoms in total. The molecule has 1 aromatic carbocycles. The van der Waals surface area contributed by atoms with Gasteiger partial charge in [-0.3, -0.25) is 4.90 Å². The number of fused-ring (bicyclic) bond motifs is 1. The zero-order valence-electron chi connectivity index (χ0n) is 9.79. The maximum absolute atomic E-state index is 13.5. The summed E-state index contributed by atoms with van der Waals surface area (Å²) in [5.41, 5.74) is 1.49. The third kappa shape index (κ3) is 2.07. The Kier molecular flexibility index (Phi) is 2.85. The van der Waals surface area contributed by atoms with Crippen LogP contribution in [-0.2, 0) is 6.54 Å². The Morgan fingerprint density at radius 1 is 1.18 bits per heavy atom. The highest BCUT2D eigenvalue weighted by atomic mass is 19.1. The van der Waals surface area contributed by atoms with Crippen LogP contribution in [0.15, 0.2) is 28.9 Å². The van der Waals surface area contributed by atoms with Gasteiger partial charge in [-0.25, -0.2) is 4.39 Å². The number of piperidine rings is 1. The molecule has 0 unspecified atom stereocenters. The Bertz CT molecular complexity index is 514. The van der Waals surface area contributed by atoms with E-state index in [0.29, 0.717) is 5.58 Å². The van der Waals surface area contributed by atoms with Gasteiger partial charge >= 0.3 is 0 Å². The zero-order valence-corrected chi connectivity index (χ0v) is 9.79. The van der Waals surface area contributed by atoms with Crippen LogP contribution in [0.3, 0.4) is 0 Å². The first-order chi connectivity index (χ1) is 8.34. The van der Waals surface area contributed by atoms with Crippen molar-refractivity contribution in [2.75, 3.05) is 13.1 Å². The smallest absolute Gasteiger partial charge is 0.169 e. The molecule has 1 saturated heterocycles. The fourth-order valence-corrected chi connectivity index (χ4v) is 2.56. The average molecular weight is 233 g/mol. The monoisotopic (exact) mass is 233 g/mol. The van der Waals surface area contributed by atoms with Crippen LogP contribution in [-0.4, -0.2) is 18.0 Å². The highest BCUT2D eigenvalue weighted by Crippen LogP contribution is 2.25. The molecular weight excluding hydrogens is 217 g/mol. The molecule has 17 heavy (non-hydrogen) atoms. The number of likely N-dealkylation sites (tertiary alicyclic amines) is 1. The first-order valence-corrected chi connectivity index (χ1v) is 6.21. The highest BCUT2D eigenvalue weighted by Gasteiger charge is 2.14. The molecule has 3 heteroatoms. The molecule has 2 heterocycles. The van der Waals surface area contributed by atoms with Gasteiger partial charge < -0.3 is 4.42 Å². The molecule has 0 spiro atoms. The zero-order chi connectivity index (χ0) is 11.7. The van der Waals surface area contributed by atoms with E-state index in [9.17, 15) is 4.39 Å². The predicted octanol–water partition coefficient (Wildman–Crippen LogP) is 3.56. The van der Waals surface area contributed by atoms with Gasteiger partial charge in [0.05, 0.1) is 6.26 Å². The lowest BCUT2D eigenvalue weighted by Gasteiger charge is -2.25. The second kappa shape index (κ2) is 4.49. The Labute approximate surface area is 100 Å². The number of hydrogen-bond donors (Lipinski definition) is 0. The number of furan rings is 1. The molecule has 3 rings (SSSR count). The lowest BCUT2D eigenvalue weighted by molar-refractivity contribution is 0.221. The van der Waals surface area contributed by atoms with Gasteiger partial charge in [-0.2, -0.15) is 0 Å². The van der Waals surface area contributed by atoms with Gasteiger partial charge in [0, 0.05) is 17.5 Å². The second-order valence-corrected chi connectivity index (χ2v) is 4.71. The quantitative estimate of drug-likeness (QED) is 0.788. The summed E-state index contributed by atoms with van der Waals surface area (Å²) in [5, 5.41) is 0.913. The summed E-state index contributed by atoms with van der Waals surface area (Å²) in [6.07, 6.45) is 5.56. The van der Waals surface area contributed by atoms with Gasteiger partial charge in [-0.15, -0.1) is 0 Å². The summed E-state index contributed by atoms with van der Waals surface area (Å²) in [6, 6.07) is 5.12. The summed E-state index contributed by atoms with van der Waals surface area (Å²) in [4.78, 5) is 2.42. The van der Waals surface area contributed by atoms with Crippen molar-refractivity contribution < 1.29 is 8.81 Å². The summed E-state index contributed by atoms with van der Waals surface area (Å²) < 4.78 is 18.8. The van der Waals surface area contributed by atoms with Gasteiger partial charge in [-0.1, -0.05) is 18.6 Å². The first kappa shape index (κ1) is 10.8. The molecule has 0 aliphatic carbocycles. The molecule has 1 aromatic heterocycles. The molecule has 1 aliphatic rings. The minimum atomic E-state index is -0.271. The van der Waals surface area contributed by atoms with Crippen molar-refractivity contribution in [2.24, 2.45) is 0 Å². The van der Waals surface area contributed by atoms with Crippen LogP contribution in [0.25, 0.3) is 11.0 Å². The van der Waals surface area contributed by atoms with E-state index in [2.05, 4.69) is 4.90 Å². The van der Waals surface area contributed by atoms with Crippen molar-refractivity contribution in [2.45, 2.75) is 25.8 Å². The molecule has 0 bridgehead atoms. The number of hydrogen-bond acceptors (Lipinski definition) is 2. The van der Waals surface area contributed by atoms with Gasteiger partial charge in [0.15, 0.2) is 11.4 Å². The minimum absolute atomic E-state index is 0.271. The van der Waals surface area contributed by atoms with E-state index < -0.39 is 0 Å². The van der Waals surface area contributed by atoms with Gasteiger partial charge in [-0.05, 0) is 32.0 Å². The minimum Gasteiger partial charge on any atom is -0.461 e. The van der Waals surface area contributed by atoms with Crippen LogP contribution >= 0.6 is 0 Å². The van der Waals surface area contributed by atoms with E-state index in [1.165, 1.54) is 25.3 Å². The highest BCUT2D eigenvalue weighted by molar-refractivity contribution is 5.81. The second-order valence-electron chi connectivity index (χ2n) is 4.71. The van der Waals surface area contributed by atoms with Crippen molar-refractivity contribution in [1.82, 2.24) is 4.90 Å². The molecule has 2 aromatic rings. The summed E-state index contributed by atoms with van der Waals surface area (Å²) >= 11 is 0. The normalized spacial score (nSPS) is 17.7. The fourth-order valence-electron chi connectivity index (χ4n) is 2.56.